The van der Waals surface area contributed by atoms with E-state index in [1.807, 2.05) is 24.3 Å². The number of carbonyl (C=O) groups excluding carboxylic acids is 1. The Morgan fingerprint density at radius 3 is 2.68 bits per heavy atom. The smallest absolute Gasteiger partial charge is 0.252 e. The van der Waals surface area contributed by atoms with E-state index in [2.05, 4.69) is 43.1 Å². The highest BCUT2D eigenvalue weighted by Crippen LogP contribution is 2.12. The van der Waals surface area contributed by atoms with E-state index in [1.165, 1.54) is 11.1 Å². The summed E-state index contributed by atoms with van der Waals surface area (Å²) in [6.07, 6.45) is 0.835. The van der Waals surface area contributed by atoms with Crippen LogP contribution in [0.1, 0.15) is 21.5 Å². The minimum absolute atomic E-state index is 0.0711. The van der Waals surface area contributed by atoms with Crippen molar-refractivity contribution >= 4 is 18.5 Å². The van der Waals surface area contributed by atoms with Gasteiger partial charge in [0.15, 0.2) is 0 Å². The van der Waals surface area contributed by atoms with E-state index in [0.29, 0.717) is 17.0 Å². The molecule has 0 saturated heterocycles. The highest BCUT2D eigenvalue weighted by Gasteiger charge is 2.07. The van der Waals surface area contributed by atoms with Gasteiger partial charge in [0.25, 0.3) is 5.91 Å². The van der Waals surface area contributed by atoms with Gasteiger partial charge >= 0.3 is 0 Å². The third-order valence-corrected chi connectivity index (χ3v) is 3.32. The first-order valence-electron chi connectivity index (χ1n) is 6.28. The Kier molecular flexibility index (Phi) is 4.63. The van der Waals surface area contributed by atoms with Crippen LogP contribution in [-0.2, 0) is 6.42 Å². The number of benzene rings is 2. The van der Waals surface area contributed by atoms with Crippen LogP contribution in [0.4, 0.5) is 0 Å². The fourth-order valence-electron chi connectivity index (χ4n) is 1.95. The molecule has 98 valence electrons. The second kappa shape index (κ2) is 6.43. The summed E-state index contributed by atoms with van der Waals surface area (Å²) >= 11 is 4.28. The van der Waals surface area contributed by atoms with Gasteiger partial charge in [-0.15, -0.1) is 12.6 Å². The molecule has 0 unspecified atom stereocenters. The van der Waals surface area contributed by atoms with E-state index in [-0.39, 0.29) is 5.91 Å². The lowest BCUT2D eigenvalue weighted by molar-refractivity contribution is 0.0951. The van der Waals surface area contributed by atoms with Gasteiger partial charge in [-0.1, -0.05) is 42.0 Å². The number of carbonyl (C=O) groups is 1. The molecule has 0 heterocycles. The van der Waals surface area contributed by atoms with Crippen LogP contribution < -0.4 is 5.32 Å². The maximum absolute atomic E-state index is 12.0. The molecule has 2 aromatic carbocycles. The van der Waals surface area contributed by atoms with Crippen LogP contribution in [0.3, 0.4) is 0 Å². The summed E-state index contributed by atoms with van der Waals surface area (Å²) in [5, 5.41) is 2.92. The van der Waals surface area contributed by atoms with E-state index < -0.39 is 0 Å². The summed E-state index contributed by atoms with van der Waals surface area (Å²) in [4.78, 5) is 12.7. The number of rotatable bonds is 4. The second-order valence-corrected chi connectivity index (χ2v) is 4.99. The summed E-state index contributed by atoms with van der Waals surface area (Å²) in [5.74, 6) is -0.0711. The second-order valence-electron chi connectivity index (χ2n) is 4.51. The normalized spacial score (nSPS) is 10.2. The lowest BCUT2D eigenvalue weighted by Crippen LogP contribution is -2.26. The molecule has 0 bridgehead atoms. The van der Waals surface area contributed by atoms with Gasteiger partial charge in [0.1, 0.15) is 0 Å². The van der Waals surface area contributed by atoms with Crippen molar-refractivity contribution in [1.82, 2.24) is 5.32 Å². The van der Waals surface area contributed by atoms with Crippen molar-refractivity contribution in [2.45, 2.75) is 18.2 Å². The molecule has 2 nitrogen and oxygen atoms in total. The van der Waals surface area contributed by atoms with Gasteiger partial charge in [-0.25, -0.2) is 0 Å². The zero-order valence-corrected chi connectivity index (χ0v) is 11.8. The highest BCUT2D eigenvalue weighted by molar-refractivity contribution is 7.80. The summed E-state index contributed by atoms with van der Waals surface area (Å²) < 4.78 is 0. The molecule has 0 saturated carbocycles. The molecule has 19 heavy (non-hydrogen) atoms. The van der Waals surface area contributed by atoms with Crippen LogP contribution >= 0.6 is 12.6 Å². The predicted octanol–water partition coefficient (Wildman–Crippen LogP) is 3.26. The number of amides is 1. The molecule has 0 aromatic heterocycles. The molecule has 1 N–H and O–H groups in total. The summed E-state index contributed by atoms with van der Waals surface area (Å²) in [6.45, 7) is 2.70. The Morgan fingerprint density at radius 2 is 1.95 bits per heavy atom. The van der Waals surface area contributed by atoms with Gasteiger partial charge in [0.05, 0.1) is 5.56 Å². The van der Waals surface area contributed by atoms with Gasteiger partial charge in [-0.3, -0.25) is 4.79 Å². The summed E-state index contributed by atoms with van der Waals surface area (Å²) in [5.41, 5.74) is 3.10. The van der Waals surface area contributed by atoms with Crippen LogP contribution in [0.5, 0.6) is 0 Å². The first-order chi connectivity index (χ1) is 9.16. The number of nitrogens with one attached hydrogen (secondary N) is 1. The van der Waals surface area contributed by atoms with Crippen molar-refractivity contribution in [3.63, 3.8) is 0 Å². The fourth-order valence-corrected chi connectivity index (χ4v) is 2.21. The number of hydrogen-bond donors (Lipinski definition) is 2. The van der Waals surface area contributed by atoms with E-state index in [4.69, 9.17) is 0 Å². The Morgan fingerprint density at radius 1 is 1.16 bits per heavy atom. The predicted molar refractivity (Wildman–Crippen MR) is 80.9 cm³/mol. The van der Waals surface area contributed by atoms with Gasteiger partial charge in [0, 0.05) is 11.4 Å². The SMILES string of the molecule is Cc1cccc(CCNC(=O)c2ccccc2S)c1. The Bertz CT molecular complexity index is 580. The van der Waals surface area contributed by atoms with E-state index in [9.17, 15) is 4.79 Å². The van der Waals surface area contributed by atoms with Crippen LogP contribution in [-0.4, -0.2) is 12.5 Å². The van der Waals surface area contributed by atoms with Crippen LogP contribution in [0.25, 0.3) is 0 Å². The highest BCUT2D eigenvalue weighted by atomic mass is 32.1. The van der Waals surface area contributed by atoms with Crippen molar-refractivity contribution in [2.75, 3.05) is 6.54 Å². The maximum Gasteiger partial charge on any atom is 0.252 e. The fraction of sp³-hybridized carbons (Fsp3) is 0.188. The van der Waals surface area contributed by atoms with Crippen LogP contribution in [0, 0.1) is 6.92 Å². The zero-order chi connectivity index (χ0) is 13.7. The first kappa shape index (κ1) is 13.7. The molecule has 0 aliphatic rings. The lowest BCUT2D eigenvalue weighted by Gasteiger charge is -2.07. The van der Waals surface area contributed by atoms with Crippen LogP contribution in [0.2, 0.25) is 0 Å². The minimum Gasteiger partial charge on any atom is -0.352 e. The monoisotopic (exact) mass is 271 g/mol. The summed E-state index contributed by atoms with van der Waals surface area (Å²) in [7, 11) is 0. The van der Waals surface area contributed by atoms with Crippen LogP contribution in [0.15, 0.2) is 53.4 Å². The molecule has 2 aromatic rings. The maximum atomic E-state index is 12.0. The molecule has 0 radical (unpaired) electrons. The quantitative estimate of drug-likeness (QED) is 0.821. The van der Waals surface area contributed by atoms with E-state index in [1.54, 1.807) is 6.07 Å². The molecular formula is C16H17NOS. The van der Waals surface area contributed by atoms with Crippen molar-refractivity contribution in [2.24, 2.45) is 0 Å². The molecular weight excluding hydrogens is 254 g/mol. The minimum atomic E-state index is -0.0711. The molecule has 0 atom stereocenters. The largest absolute Gasteiger partial charge is 0.352 e. The van der Waals surface area contributed by atoms with E-state index >= 15 is 0 Å². The zero-order valence-electron chi connectivity index (χ0n) is 10.9. The molecule has 3 heteroatoms. The Hall–Kier alpha value is -1.74. The number of hydrogen-bond acceptors (Lipinski definition) is 2. The number of thiol groups is 1. The molecule has 0 aliphatic carbocycles. The average molecular weight is 271 g/mol. The Labute approximate surface area is 119 Å². The third kappa shape index (κ3) is 3.86. The van der Waals surface area contributed by atoms with E-state index in [0.717, 1.165) is 6.42 Å². The molecule has 0 fully saturated rings. The van der Waals surface area contributed by atoms with Gasteiger partial charge in [-0.2, -0.15) is 0 Å². The topological polar surface area (TPSA) is 29.1 Å². The number of aryl methyl sites for hydroxylation is 1. The van der Waals surface area contributed by atoms with Crippen molar-refractivity contribution in [1.29, 1.82) is 0 Å². The van der Waals surface area contributed by atoms with Gasteiger partial charge in [0.2, 0.25) is 0 Å². The van der Waals surface area contributed by atoms with Crippen molar-refractivity contribution < 1.29 is 4.79 Å². The van der Waals surface area contributed by atoms with Crippen molar-refractivity contribution in [3.05, 3.63) is 65.2 Å². The first-order valence-corrected chi connectivity index (χ1v) is 6.73. The lowest BCUT2D eigenvalue weighted by atomic mass is 10.1. The molecule has 1 amide bonds. The van der Waals surface area contributed by atoms with Gasteiger partial charge < -0.3 is 5.32 Å². The Balaban J connectivity index is 1.90. The standard InChI is InChI=1S/C16H17NOS/c1-12-5-4-6-13(11-12)9-10-17-16(18)14-7-2-3-8-15(14)19/h2-8,11,19H,9-10H2,1H3,(H,17,18). The summed E-state index contributed by atoms with van der Waals surface area (Å²) in [6, 6.07) is 15.6. The van der Waals surface area contributed by atoms with Gasteiger partial charge in [-0.05, 0) is 31.0 Å². The third-order valence-electron chi connectivity index (χ3n) is 2.93. The molecule has 0 aliphatic heterocycles. The van der Waals surface area contributed by atoms with Crippen molar-refractivity contribution in [3.8, 4) is 0 Å². The average Bonchev–Trinajstić information content (AvgIpc) is 2.39. The molecule has 2 rings (SSSR count). The molecule has 0 spiro atoms.